The number of benzene rings is 1. The third-order valence-electron chi connectivity index (χ3n) is 6.95. The zero-order valence-electron chi connectivity index (χ0n) is 14.8. The summed E-state index contributed by atoms with van der Waals surface area (Å²) in [7, 11) is 0. The van der Waals surface area contributed by atoms with E-state index in [-0.39, 0.29) is 23.5 Å². The van der Waals surface area contributed by atoms with Crippen LogP contribution in [-0.4, -0.2) is 23.3 Å². The summed E-state index contributed by atoms with van der Waals surface area (Å²) in [6, 6.07) is 5.59. The second-order valence-corrected chi connectivity index (χ2v) is 8.94. The molecule has 1 aromatic rings. The van der Waals surface area contributed by atoms with Crippen LogP contribution in [0.1, 0.15) is 61.7 Å². The molecular weight excluding hydrogens is 350 g/mol. The Balaban J connectivity index is 1.33. The van der Waals surface area contributed by atoms with Gasteiger partial charge in [-0.1, -0.05) is 30.9 Å². The minimum absolute atomic E-state index is 0.0207. The first kappa shape index (κ1) is 16.6. The Morgan fingerprint density at radius 2 is 2.00 bits per heavy atom. The molecule has 3 saturated carbocycles. The van der Waals surface area contributed by atoms with E-state index in [1.54, 1.807) is 18.2 Å². The van der Waals surface area contributed by atoms with Gasteiger partial charge in [-0.05, 0) is 49.8 Å². The van der Waals surface area contributed by atoms with Crippen molar-refractivity contribution in [3.63, 3.8) is 0 Å². The molecule has 5 heteroatoms. The van der Waals surface area contributed by atoms with Crippen LogP contribution in [0.25, 0.3) is 0 Å². The van der Waals surface area contributed by atoms with Crippen molar-refractivity contribution >= 4 is 23.3 Å². The molecule has 4 atom stereocenters. The van der Waals surface area contributed by atoms with Gasteiger partial charge in [-0.15, -0.1) is 0 Å². The van der Waals surface area contributed by atoms with E-state index in [0.717, 1.165) is 25.7 Å². The first-order valence-corrected chi connectivity index (χ1v) is 10.3. The number of rotatable bonds is 2. The molecule has 0 saturated heterocycles. The number of nitrogens with one attached hydrogen (secondary N) is 1. The summed E-state index contributed by atoms with van der Waals surface area (Å²) in [5, 5.41) is 3.83. The van der Waals surface area contributed by atoms with Gasteiger partial charge in [0.05, 0.1) is 12.0 Å². The zero-order valence-corrected chi connectivity index (χ0v) is 15.6. The molecule has 1 aromatic carbocycles. The van der Waals surface area contributed by atoms with Crippen LogP contribution in [0.4, 0.5) is 0 Å². The van der Waals surface area contributed by atoms with Crippen LogP contribution in [-0.2, 0) is 4.79 Å². The number of fused-ring (bicyclic) bond motifs is 3. The van der Waals surface area contributed by atoms with Crippen LogP contribution >= 0.6 is 11.6 Å². The van der Waals surface area contributed by atoms with Gasteiger partial charge < -0.3 is 10.1 Å². The highest BCUT2D eigenvalue weighted by molar-refractivity contribution is 6.31. The van der Waals surface area contributed by atoms with E-state index in [1.807, 2.05) is 0 Å². The number of carbonyl (C=O) groups excluding carboxylic acids is 2. The highest BCUT2D eigenvalue weighted by atomic mass is 35.5. The summed E-state index contributed by atoms with van der Waals surface area (Å²) in [5.74, 6) is 1.48. The first-order chi connectivity index (χ1) is 12.6. The summed E-state index contributed by atoms with van der Waals surface area (Å²) in [6.07, 6.45) is 8.11. The molecule has 0 aromatic heterocycles. The minimum Gasteiger partial charge on any atom is -0.486 e. The normalized spacial score (nSPS) is 35.6. The maximum absolute atomic E-state index is 12.8. The van der Waals surface area contributed by atoms with Gasteiger partial charge in [0.25, 0.3) is 0 Å². The summed E-state index contributed by atoms with van der Waals surface area (Å²) in [5.41, 5.74) is 0.0902. The van der Waals surface area contributed by atoms with E-state index in [9.17, 15) is 9.59 Å². The van der Waals surface area contributed by atoms with Gasteiger partial charge in [-0.2, -0.15) is 0 Å². The molecule has 138 valence electrons. The van der Waals surface area contributed by atoms with Crippen molar-refractivity contribution in [2.75, 3.05) is 0 Å². The Kier molecular flexibility index (Phi) is 3.82. The van der Waals surface area contributed by atoms with Crippen LogP contribution < -0.4 is 10.1 Å². The number of Topliss-reactive ketones (excluding diaryl/α,β-unsaturated/α-hetero) is 1. The molecule has 3 aliphatic carbocycles. The maximum Gasteiger partial charge on any atom is 0.224 e. The summed E-state index contributed by atoms with van der Waals surface area (Å²) in [4.78, 5) is 25.5. The average molecular weight is 374 g/mol. The third kappa shape index (κ3) is 2.57. The molecule has 0 unspecified atom stereocenters. The molecule has 1 N–H and O–H groups in total. The summed E-state index contributed by atoms with van der Waals surface area (Å²) < 4.78 is 6.37. The maximum atomic E-state index is 12.8. The fourth-order valence-electron chi connectivity index (χ4n) is 5.69. The highest BCUT2D eigenvalue weighted by Gasteiger charge is 2.70. The lowest BCUT2D eigenvalue weighted by Crippen LogP contribution is -2.45. The number of hydrogen-bond donors (Lipinski definition) is 1. The molecule has 4 nitrogen and oxygen atoms in total. The lowest BCUT2D eigenvalue weighted by Gasteiger charge is -2.37. The Hall–Kier alpha value is -1.55. The van der Waals surface area contributed by atoms with E-state index >= 15 is 0 Å². The molecule has 1 amide bonds. The Morgan fingerprint density at radius 1 is 1.19 bits per heavy atom. The number of halogens is 1. The van der Waals surface area contributed by atoms with Crippen LogP contribution in [0.15, 0.2) is 18.2 Å². The van der Waals surface area contributed by atoms with Crippen molar-refractivity contribution in [3.8, 4) is 5.75 Å². The van der Waals surface area contributed by atoms with E-state index in [1.165, 1.54) is 19.3 Å². The van der Waals surface area contributed by atoms with Crippen molar-refractivity contribution in [2.45, 2.75) is 63.0 Å². The van der Waals surface area contributed by atoms with Gasteiger partial charge in [-0.25, -0.2) is 0 Å². The van der Waals surface area contributed by atoms with Crippen molar-refractivity contribution in [1.29, 1.82) is 0 Å². The van der Waals surface area contributed by atoms with Gasteiger partial charge in [0, 0.05) is 22.9 Å². The van der Waals surface area contributed by atoms with Gasteiger partial charge in [0.1, 0.15) is 11.4 Å². The first-order valence-electron chi connectivity index (χ1n) is 9.89. The van der Waals surface area contributed by atoms with Crippen LogP contribution in [0.3, 0.4) is 0 Å². The molecule has 26 heavy (non-hydrogen) atoms. The van der Waals surface area contributed by atoms with Crippen LogP contribution in [0.5, 0.6) is 5.75 Å². The highest BCUT2D eigenvalue weighted by Crippen LogP contribution is 2.65. The van der Waals surface area contributed by atoms with Gasteiger partial charge >= 0.3 is 0 Å². The average Bonchev–Trinajstić information content (AvgIpc) is 3.28. The smallest absolute Gasteiger partial charge is 0.224 e. The Morgan fingerprint density at radius 3 is 2.81 bits per heavy atom. The number of ketones is 1. The Labute approximate surface area is 158 Å². The zero-order chi connectivity index (χ0) is 17.9. The van der Waals surface area contributed by atoms with Crippen molar-refractivity contribution in [1.82, 2.24) is 5.32 Å². The predicted octanol–water partition coefficient (Wildman–Crippen LogP) is 4.15. The fraction of sp³-hybridized carbons (Fsp3) is 0.619. The molecular formula is C21H24ClNO3. The van der Waals surface area contributed by atoms with Crippen molar-refractivity contribution in [3.05, 3.63) is 28.8 Å². The summed E-state index contributed by atoms with van der Waals surface area (Å²) >= 11 is 6.03. The van der Waals surface area contributed by atoms with E-state index in [4.69, 9.17) is 16.3 Å². The quantitative estimate of drug-likeness (QED) is 0.847. The van der Waals surface area contributed by atoms with Crippen LogP contribution in [0.2, 0.25) is 5.02 Å². The lowest BCUT2D eigenvalue weighted by molar-refractivity contribution is -0.125. The molecule has 1 spiro atoms. The molecule has 4 aliphatic rings. The Bertz CT molecular complexity index is 773. The van der Waals surface area contributed by atoms with E-state index in [0.29, 0.717) is 34.7 Å². The molecule has 1 heterocycles. The number of amides is 1. The minimum atomic E-state index is -0.489. The van der Waals surface area contributed by atoms with E-state index < -0.39 is 5.60 Å². The standard InChI is InChI=1S/C21H24ClNO3/c22-12-6-7-17-15(10-12)16(24)11-21(26-17)9-8-14-18(19(14)21)20(25)23-13-4-2-1-3-5-13/h6-7,10,13-14,18-19H,1-5,8-9,11H2,(H,23,25)/t14-,18+,19+,21-/m0/s1. The number of ether oxygens (including phenoxy) is 1. The number of hydrogen-bond acceptors (Lipinski definition) is 3. The number of carbonyl (C=O) groups is 2. The monoisotopic (exact) mass is 373 g/mol. The molecule has 0 radical (unpaired) electrons. The fourth-order valence-corrected chi connectivity index (χ4v) is 5.86. The third-order valence-corrected chi connectivity index (χ3v) is 7.18. The van der Waals surface area contributed by atoms with Crippen molar-refractivity contribution in [2.24, 2.45) is 17.8 Å². The second kappa shape index (κ2) is 5.98. The SMILES string of the molecule is O=C1C[C@]2(CC[C@H]3[C@@H](C(=O)NC4CCCCC4)[C@@H]32)Oc2ccc(Cl)cc21. The van der Waals surface area contributed by atoms with Gasteiger partial charge in [0.15, 0.2) is 5.78 Å². The largest absolute Gasteiger partial charge is 0.486 e. The van der Waals surface area contributed by atoms with E-state index in [2.05, 4.69) is 5.32 Å². The second-order valence-electron chi connectivity index (χ2n) is 8.50. The molecule has 1 aliphatic heterocycles. The predicted molar refractivity (Wildman–Crippen MR) is 98.5 cm³/mol. The topological polar surface area (TPSA) is 55.4 Å². The van der Waals surface area contributed by atoms with Crippen molar-refractivity contribution < 1.29 is 14.3 Å². The lowest BCUT2D eigenvalue weighted by atomic mass is 9.84. The van der Waals surface area contributed by atoms with Gasteiger partial charge in [-0.3, -0.25) is 9.59 Å². The van der Waals surface area contributed by atoms with Crippen LogP contribution in [0, 0.1) is 17.8 Å². The summed E-state index contributed by atoms with van der Waals surface area (Å²) in [6.45, 7) is 0. The molecule has 3 fully saturated rings. The molecule has 5 rings (SSSR count). The molecule has 0 bridgehead atoms. The van der Waals surface area contributed by atoms with Gasteiger partial charge in [0.2, 0.25) is 5.91 Å².